The molecule has 2 N–H and O–H groups in total. The van der Waals surface area contributed by atoms with Crippen LogP contribution in [0.2, 0.25) is 0 Å². The first-order valence-corrected chi connectivity index (χ1v) is 9.93. The highest BCUT2D eigenvalue weighted by Gasteiger charge is 2.24. The van der Waals surface area contributed by atoms with Crippen LogP contribution in [0, 0.1) is 5.82 Å². The molecule has 2 aromatic rings. The van der Waals surface area contributed by atoms with Gasteiger partial charge in [-0.2, -0.15) is 4.31 Å². The Morgan fingerprint density at radius 1 is 1.07 bits per heavy atom. The second-order valence-electron chi connectivity index (χ2n) is 6.47. The van der Waals surface area contributed by atoms with Crippen molar-refractivity contribution in [3.8, 4) is 0 Å². The molecule has 0 aliphatic heterocycles. The molecular weight excluding hydrogens is 385 g/mol. The van der Waals surface area contributed by atoms with Crippen LogP contribution in [0.15, 0.2) is 47.4 Å². The fraction of sp³-hybridized carbons (Fsp3) is 0.263. The number of rotatable bonds is 6. The van der Waals surface area contributed by atoms with Crippen LogP contribution in [0.3, 0.4) is 0 Å². The topological polar surface area (TPSA) is 95.6 Å². The van der Waals surface area contributed by atoms with Gasteiger partial charge in [0.2, 0.25) is 15.9 Å². The summed E-state index contributed by atoms with van der Waals surface area (Å²) in [6, 6.07) is 9.00. The molecule has 2 amide bonds. The molecule has 0 saturated carbocycles. The Labute approximate surface area is 163 Å². The fourth-order valence-corrected chi connectivity index (χ4v) is 3.75. The second-order valence-corrected chi connectivity index (χ2v) is 8.47. The predicted octanol–water partition coefficient (Wildman–Crippen LogP) is 3.07. The molecule has 9 heteroatoms. The minimum Gasteiger partial charge on any atom is -0.326 e. The SMILES string of the molecule is CC(=O)Nc1ccc(F)c(NC(=O)c2cccc(S(=O)(=O)N(C)C(C)C)c2)c1. The number of hydrogen-bond donors (Lipinski definition) is 2. The van der Waals surface area contributed by atoms with E-state index in [9.17, 15) is 22.4 Å². The lowest BCUT2D eigenvalue weighted by Crippen LogP contribution is -2.33. The van der Waals surface area contributed by atoms with E-state index >= 15 is 0 Å². The van der Waals surface area contributed by atoms with Crippen LogP contribution in [-0.4, -0.2) is 37.6 Å². The predicted molar refractivity (Wildman–Crippen MR) is 105 cm³/mol. The summed E-state index contributed by atoms with van der Waals surface area (Å²) in [5.74, 6) is -1.70. The molecule has 2 aromatic carbocycles. The summed E-state index contributed by atoms with van der Waals surface area (Å²) < 4.78 is 40.4. The molecule has 28 heavy (non-hydrogen) atoms. The van der Waals surface area contributed by atoms with Crippen LogP contribution < -0.4 is 10.6 Å². The highest BCUT2D eigenvalue weighted by molar-refractivity contribution is 7.89. The third-order valence-electron chi connectivity index (χ3n) is 4.04. The van der Waals surface area contributed by atoms with E-state index in [2.05, 4.69) is 10.6 Å². The highest BCUT2D eigenvalue weighted by atomic mass is 32.2. The number of carbonyl (C=O) groups is 2. The van der Waals surface area contributed by atoms with Crippen molar-refractivity contribution < 1.29 is 22.4 Å². The van der Waals surface area contributed by atoms with Crippen molar-refractivity contribution in [2.45, 2.75) is 31.7 Å². The smallest absolute Gasteiger partial charge is 0.255 e. The van der Waals surface area contributed by atoms with Gasteiger partial charge in [-0.1, -0.05) is 6.07 Å². The average molecular weight is 407 g/mol. The zero-order valence-electron chi connectivity index (χ0n) is 16.0. The van der Waals surface area contributed by atoms with E-state index in [0.29, 0.717) is 5.69 Å². The van der Waals surface area contributed by atoms with Crippen LogP contribution in [0.1, 0.15) is 31.1 Å². The average Bonchev–Trinajstić information content (AvgIpc) is 2.63. The Hall–Kier alpha value is -2.78. The fourth-order valence-electron chi connectivity index (χ4n) is 2.34. The Kier molecular flexibility index (Phi) is 6.52. The van der Waals surface area contributed by atoms with E-state index in [1.807, 2.05) is 0 Å². The molecule has 0 aliphatic rings. The lowest BCUT2D eigenvalue weighted by molar-refractivity contribution is -0.114. The third-order valence-corrected chi connectivity index (χ3v) is 6.06. The molecule has 150 valence electrons. The van der Waals surface area contributed by atoms with Crippen molar-refractivity contribution in [1.29, 1.82) is 0 Å². The summed E-state index contributed by atoms with van der Waals surface area (Å²) in [7, 11) is -2.31. The number of benzene rings is 2. The lowest BCUT2D eigenvalue weighted by atomic mass is 10.2. The Morgan fingerprint density at radius 3 is 2.36 bits per heavy atom. The summed E-state index contributed by atoms with van der Waals surface area (Å²) in [6.45, 7) is 4.78. The van der Waals surface area contributed by atoms with E-state index in [4.69, 9.17) is 0 Å². The van der Waals surface area contributed by atoms with Crippen LogP contribution in [0.4, 0.5) is 15.8 Å². The lowest BCUT2D eigenvalue weighted by Gasteiger charge is -2.21. The second kappa shape index (κ2) is 8.49. The molecular formula is C19H22FN3O4S. The van der Waals surface area contributed by atoms with Crippen molar-refractivity contribution in [2.24, 2.45) is 0 Å². The molecule has 0 fully saturated rings. The van der Waals surface area contributed by atoms with Gasteiger partial charge in [-0.15, -0.1) is 0 Å². The van der Waals surface area contributed by atoms with Crippen molar-refractivity contribution in [3.05, 3.63) is 53.8 Å². The molecule has 0 atom stereocenters. The number of hydrogen-bond acceptors (Lipinski definition) is 4. The summed E-state index contributed by atoms with van der Waals surface area (Å²) in [6.07, 6.45) is 0. The molecule has 0 unspecified atom stereocenters. The summed E-state index contributed by atoms with van der Waals surface area (Å²) in [5, 5.41) is 4.89. The number of halogens is 1. The monoisotopic (exact) mass is 407 g/mol. The molecule has 0 saturated heterocycles. The van der Waals surface area contributed by atoms with Crippen molar-refractivity contribution >= 4 is 33.2 Å². The van der Waals surface area contributed by atoms with Crippen LogP contribution in [0.25, 0.3) is 0 Å². The molecule has 0 aromatic heterocycles. The molecule has 0 spiro atoms. The van der Waals surface area contributed by atoms with E-state index in [1.165, 1.54) is 54.7 Å². The number of anilines is 2. The zero-order chi connectivity index (χ0) is 21.1. The number of nitrogens with zero attached hydrogens (tertiary/aromatic N) is 1. The standard InChI is InChI=1S/C19H22FN3O4S/c1-12(2)23(4)28(26,27)16-7-5-6-14(10-16)19(25)22-18-11-15(21-13(3)24)8-9-17(18)20/h5-12H,1-4H3,(H,21,24)(H,22,25). The molecule has 0 radical (unpaired) electrons. The van der Waals surface area contributed by atoms with Gasteiger partial charge in [0.25, 0.3) is 5.91 Å². The van der Waals surface area contributed by atoms with E-state index in [0.717, 1.165) is 6.07 Å². The van der Waals surface area contributed by atoms with Gasteiger partial charge in [0.15, 0.2) is 0 Å². The van der Waals surface area contributed by atoms with Crippen molar-refractivity contribution in [3.63, 3.8) is 0 Å². The van der Waals surface area contributed by atoms with E-state index in [1.54, 1.807) is 13.8 Å². The Bertz CT molecular complexity index is 1010. The Morgan fingerprint density at radius 2 is 1.75 bits per heavy atom. The highest BCUT2D eigenvalue weighted by Crippen LogP contribution is 2.22. The van der Waals surface area contributed by atoms with Gasteiger partial charge < -0.3 is 10.6 Å². The van der Waals surface area contributed by atoms with E-state index < -0.39 is 21.7 Å². The van der Waals surface area contributed by atoms with Gasteiger partial charge in [-0.25, -0.2) is 12.8 Å². The van der Waals surface area contributed by atoms with Gasteiger partial charge in [0.1, 0.15) is 5.82 Å². The van der Waals surface area contributed by atoms with Crippen molar-refractivity contribution in [1.82, 2.24) is 4.31 Å². The van der Waals surface area contributed by atoms with Gasteiger partial charge in [-0.3, -0.25) is 9.59 Å². The quantitative estimate of drug-likeness (QED) is 0.769. The van der Waals surface area contributed by atoms with Gasteiger partial charge in [-0.05, 0) is 50.2 Å². The van der Waals surface area contributed by atoms with Gasteiger partial charge >= 0.3 is 0 Å². The normalized spacial score (nSPS) is 11.5. The zero-order valence-corrected chi connectivity index (χ0v) is 16.8. The minimum absolute atomic E-state index is 0.0381. The molecule has 0 aliphatic carbocycles. The summed E-state index contributed by atoms with van der Waals surface area (Å²) >= 11 is 0. The largest absolute Gasteiger partial charge is 0.326 e. The first kappa shape index (κ1) is 21.5. The maximum atomic E-state index is 14.0. The van der Waals surface area contributed by atoms with Crippen LogP contribution in [-0.2, 0) is 14.8 Å². The van der Waals surface area contributed by atoms with Gasteiger partial charge in [0.05, 0.1) is 10.6 Å². The Balaban J connectivity index is 2.30. The molecule has 0 bridgehead atoms. The van der Waals surface area contributed by atoms with Crippen LogP contribution >= 0.6 is 0 Å². The molecule has 7 nitrogen and oxygen atoms in total. The maximum Gasteiger partial charge on any atom is 0.255 e. The van der Waals surface area contributed by atoms with Crippen LogP contribution in [0.5, 0.6) is 0 Å². The number of carbonyl (C=O) groups excluding carboxylic acids is 2. The summed E-state index contributed by atoms with van der Waals surface area (Å²) in [4.78, 5) is 23.6. The third kappa shape index (κ3) is 4.93. The van der Waals surface area contributed by atoms with E-state index in [-0.39, 0.29) is 28.1 Å². The molecule has 0 heterocycles. The molecule has 2 rings (SSSR count). The minimum atomic E-state index is -3.76. The van der Waals surface area contributed by atoms with Crippen molar-refractivity contribution in [2.75, 3.05) is 17.7 Å². The number of nitrogens with one attached hydrogen (secondary N) is 2. The first-order chi connectivity index (χ1) is 13.0. The van der Waals surface area contributed by atoms with Gasteiger partial charge in [0, 0.05) is 31.3 Å². The number of sulfonamides is 1. The number of amides is 2. The maximum absolute atomic E-state index is 14.0. The summed E-state index contributed by atoms with van der Waals surface area (Å²) in [5.41, 5.74) is 0.241. The first-order valence-electron chi connectivity index (χ1n) is 8.49.